The molecule has 0 saturated carbocycles. The molecule has 0 aromatic heterocycles. The molecular weight excluding hydrogens is 544 g/mol. The van der Waals surface area contributed by atoms with Crippen LogP contribution in [0.15, 0.2) is 54.6 Å². The molecule has 3 aromatic carbocycles. The maximum atomic E-state index is 14.0. The fraction of sp³-hybridized carbons (Fsp3) is 0.333. The number of anilines is 1. The van der Waals surface area contributed by atoms with Crippen LogP contribution in [-0.2, 0) is 16.1 Å². The van der Waals surface area contributed by atoms with Gasteiger partial charge in [-0.25, -0.2) is 4.79 Å². The number of hydrogen-bond donors (Lipinski definition) is 3. The molecule has 222 valence electrons. The quantitative estimate of drug-likeness (QED) is 0.350. The zero-order chi connectivity index (χ0) is 30.6. The van der Waals surface area contributed by atoms with E-state index in [0.29, 0.717) is 28.3 Å². The van der Waals surface area contributed by atoms with Crippen LogP contribution < -0.4 is 19.7 Å². The minimum absolute atomic E-state index is 0.0500. The van der Waals surface area contributed by atoms with Gasteiger partial charge in [0, 0.05) is 31.8 Å². The van der Waals surface area contributed by atoms with E-state index in [9.17, 15) is 29.4 Å². The third kappa shape index (κ3) is 6.08. The largest absolute Gasteiger partial charge is 0.496 e. The van der Waals surface area contributed by atoms with Gasteiger partial charge in [0.05, 0.1) is 25.9 Å². The number of carbonyl (C=O) groups excluding carboxylic acids is 3. The number of amides is 4. The van der Waals surface area contributed by atoms with Crippen molar-refractivity contribution in [3.63, 3.8) is 0 Å². The number of aliphatic hydroxyl groups is 1. The number of nitrogens with one attached hydrogen (secondary N) is 1. The number of carbonyl (C=O) groups is 4. The molecule has 1 unspecified atom stereocenters. The lowest BCUT2D eigenvalue weighted by Crippen LogP contribution is -2.55. The van der Waals surface area contributed by atoms with Crippen LogP contribution in [0.1, 0.15) is 22.8 Å². The number of carboxylic acid groups (broad SMARTS) is 1. The molecule has 0 bridgehead atoms. The number of fused-ring (bicyclic) bond motifs is 2. The molecule has 0 spiro atoms. The first-order chi connectivity index (χ1) is 20.1. The standard InChI is InChI=1S/C30H34N4O8/c1-18(33(3)30(39)40)27(36)31-23-17-42-26-8-6-5-7-24(26)34(29(23)38)16-22-21-11-9-20(28(37)32(2)13-14-35)15-19(21)10-12-25(22)41-4/h5-12,15,18,23,35H,13-14,16-17H2,1-4H3,(H,31,36)(H,39,40)/t18?,23-/m0/s1. The Bertz CT molecular complexity index is 1510. The van der Waals surface area contributed by atoms with E-state index in [-0.39, 0.29) is 32.2 Å². The first kappa shape index (κ1) is 30.1. The van der Waals surface area contributed by atoms with E-state index < -0.39 is 30.0 Å². The Balaban J connectivity index is 1.72. The summed E-state index contributed by atoms with van der Waals surface area (Å²) in [6, 6.07) is 13.7. The van der Waals surface area contributed by atoms with Crippen LogP contribution in [0.5, 0.6) is 11.5 Å². The predicted octanol–water partition coefficient (Wildman–Crippen LogP) is 2.32. The lowest BCUT2D eigenvalue weighted by Gasteiger charge is -2.28. The molecule has 0 fully saturated rings. The molecule has 1 aliphatic rings. The highest BCUT2D eigenvalue weighted by Crippen LogP contribution is 2.36. The second-order valence-corrected chi connectivity index (χ2v) is 9.97. The summed E-state index contributed by atoms with van der Waals surface area (Å²) in [6.07, 6.45) is -1.27. The van der Waals surface area contributed by atoms with E-state index in [1.165, 1.54) is 30.9 Å². The highest BCUT2D eigenvalue weighted by atomic mass is 16.5. The molecule has 12 nitrogen and oxygen atoms in total. The Morgan fingerprint density at radius 3 is 2.57 bits per heavy atom. The van der Waals surface area contributed by atoms with Crippen LogP contribution in [0.2, 0.25) is 0 Å². The third-order valence-corrected chi connectivity index (χ3v) is 7.36. The van der Waals surface area contributed by atoms with Gasteiger partial charge >= 0.3 is 6.09 Å². The maximum Gasteiger partial charge on any atom is 0.407 e. The number of hydrogen-bond acceptors (Lipinski definition) is 7. The number of rotatable bonds is 9. The van der Waals surface area contributed by atoms with Gasteiger partial charge in [-0.3, -0.25) is 19.3 Å². The zero-order valence-electron chi connectivity index (χ0n) is 23.9. The predicted molar refractivity (Wildman–Crippen MR) is 155 cm³/mol. The SMILES string of the molecule is COc1ccc2cc(C(=O)N(C)CCO)ccc2c1CN1C(=O)[C@@H](NC(=O)C(C)N(C)C(=O)O)COc2ccccc21. The normalized spacial score (nSPS) is 15.2. The maximum absolute atomic E-state index is 14.0. The Morgan fingerprint density at radius 2 is 1.88 bits per heavy atom. The molecule has 0 radical (unpaired) electrons. The van der Waals surface area contributed by atoms with Crippen molar-refractivity contribution in [1.82, 2.24) is 15.1 Å². The average molecular weight is 579 g/mol. The number of nitrogens with zero attached hydrogens (tertiary/aromatic N) is 3. The zero-order valence-corrected chi connectivity index (χ0v) is 23.9. The van der Waals surface area contributed by atoms with Crippen molar-refractivity contribution in [3.05, 3.63) is 65.7 Å². The van der Waals surface area contributed by atoms with Crippen LogP contribution >= 0.6 is 0 Å². The summed E-state index contributed by atoms with van der Waals surface area (Å²) in [6.45, 7) is 1.38. The van der Waals surface area contributed by atoms with Gasteiger partial charge in [-0.05, 0) is 48.0 Å². The van der Waals surface area contributed by atoms with Gasteiger partial charge in [0.1, 0.15) is 30.2 Å². The topological polar surface area (TPSA) is 149 Å². The van der Waals surface area contributed by atoms with Crippen molar-refractivity contribution in [3.8, 4) is 11.5 Å². The number of benzene rings is 3. The van der Waals surface area contributed by atoms with E-state index in [2.05, 4.69) is 5.32 Å². The molecular formula is C30H34N4O8. The Hall–Kier alpha value is -4.84. The summed E-state index contributed by atoms with van der Waals surface area (Å²) < 4.78 is 11.6. The fourth-order valence-electron chi connectivity index (χ4n) is 4.75. The van der Waals surface area contributed by atoms with E-state index in [0.717, 1.165) is 15.7 Å². The number of ether oxygens (including phenoxy) is 2. The lowest BCUT2D eigenvalue weighted by atomic mass is 9.99. The van der Waals surface area contributed by atoms with Gasteiger partial charge in [-0.1, -0.05) is 24.3 Å². The first-order valence-corrected chi connectivity index (χ1v) is 13.3. The van der Waals surface area contributed by atoms with Crippen molar-refractivity contribution in [2.75, 3.05) is 45.9 Å². The molecule has 0 aliphatic carbocycles. The van der Waals surface area contributed by atoms with Crippen molar-refractivity contribution in [2.45, 2.75) is 25.6 Å². The molecule has 2 atom stereocenters. The molecule has 4 rings (SSSR count). The monoisotopic (exact) mass is 578 g/mol. The van der Waals surface area contributed by atoms with Crippen LogP contribution in [0, 0.1) is 0 Å². The summed E-state index contributed by atoms with van der Waals surface area (Å²) in [5, 5.41) is 22.6. The van der Waals surface area contributed by atoms with E-state index in [1.807, 2.05) is 6.07 Å². The molecule has 1 heterocycles. The fourth-order valence-corrected chi connectivity index (χ4v) is 4.75. The van der Waals surface area contributed by atoms with Crippen molar-refractivity contribution in [2.24, 2.45) is 0 Å². The van der Waals surface area contributed by atoms with Gasteiger partial charge in [-0.15, -0.1) is 0 Å². The second-order valence-electron chi connectivity index (χ2n) is 9.97. The summed E-state index contributed by atoms with van der Waals surface area (Å²) in [5.74, 6) is -0.365. The lowest BCUT2D eigenvalue weighted by molar-refractivity contribution is -0.130. The Kier molecular flexibility index (Phi) is 9.16. The highest BCUT2D eigenvalue weighted by Gasteiger charge is 2.35. The summed E-state index contributed by atoms with van der Waals surface area (Å²) in [5.41, 5.74) is 1.61. The van der Waals surface area contributed by atoms with Crippen LogP contribution in [0.25, 0.3) is 10.8 Å². The molecule has 3 N–H and O–H groups in total. The highest BCUT2D eigenvalue weighted by molar-refractivity contribution is 6.03. The van der Waals surface area contributed by atoms with E-state index in [1.54, 1.807) is 55.6 Å². The molecule has 4 amide bonds. The van der Waals surface area contributed by atoms with Gasteiger partial charge in [0.25, 0.3) is 11.8 Å². The molecule has 0 saturated heterocycles. The van der Waals surface area contributed by atoms with E-state index >= 15 is 0 Å². The van der Waals surface area contributed by atoms with Gasteiger partial charge in [0.2, 0.25) is 5.91 Å². The number of methoxy groups -OCH3 is 1. The smallest absolute Gasteiger partial charge is 0.407 e. The van der Waals surface area contributed by atoms with Crippen LogP contribution in [-0.4, -0.2) is 96.9 Å². The van der Waals surface area contributed by atoms with Crippen molar-refractivity contribution >= 4 is 40.3 Å². The molecule has 12 heteroatoms. The van der Waals surface area contributed by atoms with Gasteiger partial charge in [-0.2, -0.15) is 0 Å². The summed E-state index contributed by atoms with van der Waals surface area (Å²) >= 11 is 0. The Morgan fingerprint density at radius 1 is 1.14 bits per heavy atom. The molecule has 3 aromatic rings. The van der Waals surface area contributed by atoms with Crippen LogP contribution in [0.3, 0.4) is 0 Å². The first-order valence-electron chi connectivity index (χ1n) is 13.3. The summed E-state index contributed by atoms with van der Waals surface area (Å²) in [4.78, 5) is 54.8. The van der Waals surface area contributed by atoms with Crippen LogP contribution in [0.4, 0.5) is 10.5 Å². The minimum Gasteiger partial charge on any atom is -0.496 e. The van der Waals surface area contributed by atoms with Gasteiger partial charge < -0.3 is 34.8 Å². The minimum atomic E-state index is -1.27. The average Bonchev–Trinajstić information content (AvgIpc) is 3.12. The van der Waals surface area contributed by atoms with E-state index in [4.69, 9.17) is 9.47 Å². The van der Waals surface area contributed by atoms with Crippen molar-refractivity contribution in [1.29, 1.82) is 0 Å². The second kappa shape index (κ2) is 12.8. The number of aliphatic hydroxyl groups excluding tert-OH is 1. The molecule has 1 aliphatic heterocycles. The summed E-state index contributed by atoms with van der Waals surface area (Å²) in [7, 11) is 4.41. The number of likely N-dealkylation sites (N-methyl/N-ethyl adjacent to an activating group) is 2. The third-order valence-electron chi connectivity index (χ3n) is 7.36. The Labute approximate surface area is 243 Å². The molecule has 42 heavy (non-hydrogen) atoms. The van der Waals surface area contributed by atoms with Crippen molar-refractivity contribution < 1.29 is 38.9 Å². The number of para-hydroxylation sites is 2. The van der Waals surface area contributed by atoms with Gasteiger partial charge in [0.15, 0.2) is 0 Å².